The summed E-state index contributed by atoms with van der Waals surface area (Å²) >= 11 is 3.39. The Morgan fingerprint density at radius 1 is 1.29 bits per heavy atom. The number of carbonyl (C=O) groups excluding carboxylic acids is 1. The first-order valence-corrected chi connectivity index (χ1v) is 7.13. The summed E-state index contributed by atoms with van der Waals surface area (Å²) in [5.74, 6) is -0.212. The number of carbonyl (C=O) groups is 1. The van der Waals surface area contributed by atoms with Crippen molar-refractivity contribution >= 4 is 33.0 Å². The van der Waals surface area contributed by atoms with Gasteiger partial charge in [0.25, 0.3) is 5.91 Å². The van der Waals surface area contributed by atoms with Crippen molar-refractivity contribution in [2.45, 2.75) is 6.54 Å². The van der Waals surface area contributed by atoms with Crippen LogP contribution in [0.25, 0.3) is 5.52 Å². The summed E-state index contributed by atoms with van der Waals surface area (Å²) in [7, 11) is 0. The van der Waals surface area contributed by atoms with E-state index < -0.39 is 0 Å². The number of aromatic nitrogens is 4. The Labute approximate surface area is 128 Å². The molecule has 0 aliphatic heterocycles. The Morgan fingerprint density at radius 3 is 2.95 bits per heavy atom. The lowest BCUT2D eigenvalue weighted by Gasteiger charge is -2.03. The van der Waals surface area contributed by atoms with Gasteiger partial charge in [-0.05, 0) is 28.1 Å². The van der Waals surface area contributed by atoms with Crippen molar-refractivity contribution < 1.29 is 4.79 Å². The smallest absolute Gasteiger partial charge is 0.257 e. The molecule has 3 N–H and O–H groups in total. The zero-order chi connectivity index (χ0) is 14.8. The molecule has 21 heavy (non-hydrogen) atoms. The van der Waals surface area contributed by atoms with E-state index in [1.54, 1.807) is 40.1 Å². The summed E-state index contributed by atoms with van der Waals surface area (Å²) in [5, 5.41) is 11.1. The second-order valence-electron chi connectivity index (χ2n) is 4.47. The average Bonchev–Trinajstić information content (AvgIpc) is 3.06. The van der Waals surface area contributed by atoms with Gasteiger partial charge in [-0.25, -0.2) is 4.52 Å². The number of amides is 1. The summed E-state index contributed by atoms with van der Waals surface area (Å²) < 4.78 is 4.22. The highest BCUT2D eigenvalue weighted by atomic mass is 79.9. The second kappa shape index (κ2) is 5.66. The van der Waals surface area contributed by atoms with Crippen LogP contribution in [0, 0.1) is 0 Å². The normalized spacial score (nSPS) is 11.0. The van der Waals surface area contributed by atoms with Crippen molar-refractivity contribution in [3.63, 3.8) is 0 Å². The fraction of sp³-hybridized carbons (Fsp3) is 0.154. The number of hydrogen-bond acceptors (Lipinski definition) is 4. The van der Waals surface area contributed by atoms with Gasteiger partial charge in [-0.1, -0.05) is 0 Å². The van der Waals surface area contributed by atoms with E-state index in [1.165, 1.54) is 0 Å². The fourth-order valence-corrected chi connectivity index (χ4v) is 2.38. The van der Waals surface area contributed by atoms with Gasteiger partial charge in [-0.3, -0.25) is 9.48 Å². The average molecular weight is 349 g/mol. The summed E-state index contributed by atoms with van der Waals surface area (Å²) in [6.45, 7) is 1.11. The van der Waals surface area contributed by atoms with Crippen molar-refractivity contribution in [3.8, 4) is 0 Å². The predicted octanol–water partition coefficient (Wildman–Crippen LogP) is 1.50. The van der Waals surface area contributed by atoms with Crippen LogP contribution in [0.5, 0.6) is 0 Å². The van der Waals surface area contributed by atoms with E-state index in [-0.39, 0.29) is 5.91 Å². The zero-order valence-electron chi connectivity index (χ0n) is 11.0. The minimum absolute atomic E-state index is 0.212. The minimum Gasteiger partial charge on any atom is -0.329 e. The number of fused-ring (bicyclic) bond motifs is 1. The van der Waals surface area contributed by atoms with Crippen LogP contribution >= 0.6 is 15.9 Å². The molecule has 3 aromatic heterocycles. The lowest BCUT2D eigenvalue weighted by Crippen LogP contribution is -2.13. The van der Waals surface area contributed by atoms with Crippen LogP contribution in [0.15, 0.2) is 41.4 Å². The van der Waals surface area contributed by atoms with Gasteiger partial charge in [0.1, 0.15) is 0 Å². The summed E-state index contributed by atoms with van der Waals surface area (Å²) in [4.78, 5) is 12.2. The molecular weight excluding hydrogens is 336 g/mol. The van der Waals surface area contributed by atoms with E-state index in [2.05, 4.69) is 31.4 Å². The molecule has 0 aliphatic rings. The topological polar surface area (TPSA) is 90.2 Å². The van der Waals surface area contributed by atoms with E-state index in [0.717, 1.165) is 9.99 Å². The molecule has 108 valence electrons. The molecule has 0 aliphatic carbocycles. The van der Waals surface area contributed by atoms with Gasteiger partial charge in [0.15, 0.2) is 0 Å². The number of nitrogens with zero attached hydrogens (tertiary/aromatic N) is 4. The standard InChI is InChI=1S/C13H13BrN6O/c14-11-6-17-20-7-9(1-2-12(11)20)13(21)18-10-5-16-19(8-10)4-3-15/h1-2,5-8H,3-4,15H2,(H,18,21). The summed E-state index contributed by atoms with van der Waals surface area (Å²) in [6, 6.07) is 3.59. The molecule has 0 bridgehead atoms. The third-order valence-electron chi connectivity index (χ3n) is 2.98. The van der Waals surface area contributed by atoms with Crippen molar-refractivity contribution in [1.82, 2.24) is 19.4 Å². The molecule has 0 spiro atoms. The van der Waals surface area contributed by atoms with Crippen LogP contribution in [-0.2, 0) is 6.54 Å². The monoisotopic (exact) mass is 348 g/mol. The highest BCUT2D eigenvalue weighted by Crippen LogP contribution is 2.18. The predicted molar refractivity (Wildman–Crippen MR) is 82.1 cm³/mol. The largest absolute Gasteiger partial charge is 0.329 e. The Kier molecular flexibility index (Phi) is 3.72. The van der Waals surface area contributed by atoms with Gasteiger partial charge in [0.05, 0.1) is 40.2 Å². The molecule has 3 rings (SSSR count). The van der Waals surface area contributed by atoms with Gasteiger partial charge < -0.3 is 11.1 Å². The molecular formula is C13H13BrN6O. The fourth-order valence-electron chi connectivity index (χ4n) is 1.97. The zero-order valence-corrected chi connectivity index (χ0v) is 12.6. The molecule has 0 radical (unpaired) electrons. The minimum atomic E-state index is -0.212. The molecule has 7 nitrogen and oxygen atoms in total. The van der Waals surface area contributed by atoms with Crippen LogP contribution in [0.2, 0.25) is 0 Å². The van der Waals surface area contributed by atoms with Crippen LogP contribution in [0.4, 0.5) is 5.69 Å². The Balaban J connectivity index is 1.79. The highest BCUT2D eigenvalue weighted by molar-refractivity contribution is 9.10. The first-order valence-electron chi connectivity index (χ1n) is 6.34. The Morgan fingerprint density at radius 2 is 2.14 bits per heavy atom. The molecule has 0 unspecified atom stereocenters. The molecule has 0 saturated heterocycles. The Bertz CT molecular complexity index is 793. The van der Waals surface area contributed by atoms with E-state index in [0.29, 0.717) is 24.3 Å². The number of halogens is 1. The van der Waals surface area contributed by atoms with Crippen LogP contribution in [0.1, 0.15) is 10.4 Å². The van der Waals surface area contributed by atoms with E-state index >= 15 is 0 Å². The van der Waals surface area contributed by atoms with E-state index in [9.17, 15) is 4.79 Å². The SMILES string of the molecule is NCCn1cc(NC(=O)c2ccc3c(Br)cnn3c2)cn1. The number of nitrogens with one attached hydrogen (secondary N) is 1. The van der Waals surface area contributed by atoms with Gasteiger partial charge in [-0.15, -0.1) is 0 Å². The molecule has 3 heterocycles. The van der Waals surface area contributed by atoms with Crippen LogP contribution in [0.3, 0.4) is 0 Å². The first-order chi connectivity index (χ1) is 10.2. The third-order valence-corrected chi connectivity index (χ3v) is 3.59. The maximum atomic E-state index is 12.2. The summed E-state index contributed by atoms with van der Waals surface area (Å²) in [6.07, 6.45) is 6.71. The number of rotatable bonds is 4. The van der Waals surface area contributed by atoms with Crippen molar-refractivity contribution in [3.05, 3.63) is 47.0 Å². The van der Waals surface area contributed by atoms with Gasteiger partial charge in [-0.2, -0.15) is 10.2 Å². The molecule has 0 atom stereocenters. The number of pyridine rings is 1. The number of nitrogens with two attached hydrogens (primary N) is 1. The van der Waals surface area contributed by atoms with Crippen LogP contribution < -0.4 is 11.1 Å². The number of anilines is 1. The third kappa shape index (κ3) is 2.81. The second-order valence-corrected chi connectivity index (χ2v) is 5.33. The molecule has 3 aromatic rings. The lowest BCUT2D eigenvalue weighted by molar-refractivity contribution is 0.102. The van der Waals surface area contributed by atoms with Gasteiger partial charge >= 0.3 is 0 Å². The first kappa shape index (κ1) is 13.8. The molecule has 1 amide bonds. The summed E-state index contributed by atoms with van der Waals surface area (Å²) in [5.41, 5.74) is 7.51. The maximum absolute atomic E-state index is 12.2. The lowest BCUT2D eigenvalue weighted by atomic mass is 10.2. The van der Waals surface area contributed by atoms with Gasteiger partial charge in [0, 0.05) is 18.9 Å². The molecule has 0 saturated carbocycles. The highest BCUT2D eigenvalue weighted by Gasteiger charge is 2.10. The Hall–Kier alpha value is -2.19. The van der Waals surface area contributed by atoms with Crippen LogP contribution in [-0.4, -0.2) is 31.8 Å². The van der Waals surface area contributed by atoms with Crippen molar-refractivity contribution in [1.29, 1.82) is 0 Å². The molecule has 0 fully saturated rings. The van der Waals surface area contributed by atoms with Crippen molar-refractivity contribution in [2.75, 3.05) is 11.9 Å². The van der Waals surface area contributed by atoms with Crippen molar-refractivity contribution in [2.24, 2.45) is 5.73 Å². The molecule has 0 aromatic carbocycles. The maximum Gasteiger partial charge on any atom is 0.257 e. The van der Waals surface area contributed by atoms with Gasteiger partial charge in [0.2, 0.25) is 0 Å². The molecule has 8 heteroatoms. The van der Waals surface area contributed by atoms with E-state index in [1.807, 2.05) is 6.07 Å². The van der Waals surface area contributed by atoms with E-state index in [4.69, 9.17) is 5.73 Å². The number of hydrogen-bond donors (Lipinski definition) is 2. The quantitative estimate of drug-likeness (QED) is 0.747.